The quantitative estimate of drug-likeness (QED) is 0.860. The van der Waals surface area contributed by atoms with E-state index in [-0.39, 0.29) is 0 Å². The Morgan fingerprint density at radius 1 is 1.15 bits per heavy atom. The summed E-state index contributed by atoms with van der Waals surface area (Å²) >= 11 is 0. The molecule has 20 heavy (non-hydrogen) atoms. The Hall–Kier alpha value is -1.68. The van der Waals surface area contributed by atoms with Crippen molar-refractivity contribution in [2.45, 2.75) is 38.3 Å². The van der Waals surface area contributed by atoms with E-state index in [0.717, 1.165) is 13.1 Å². The Labute approximate surface area is 120 Å². The van der Waals surface area contributed by atoms with Crippen molar-refractivity contribution < 1.29 is 0 Å². The van der Waals surface area contributed by atoms with Gasteiger partial charge >= 0.3 is 0 Å². The van der Waals surface area contributed by atoms with Crippen molar-refractivity contribution in [3.8, 4) is 0 Å². The van der Waals surface area contributed by atoms with E-state index in [4.69, 9.17) is 0 Å². The molecule has 0 N–H and O–H groups in total. The average Bonchev–Trinajstić information content (AvgIpc) is 2.76. The number of rotatable bonds is 3. The lowest BCUT2D eigenvalue weighted by molar-refractivity contribution is 0.188. The van der Waals surface area contributed by atoms with Gasteiger partial charge in [-0.1, -0.05) is 12.8 Å². The van der Waals surface area contributed by atoms with Crippen molar-refractivity contribution in [1.29, 1.82) is 0 Å². The van der Waals surface area contributed by atoms with Gasteiger partial charge in [0.05, 0.1) is 11.7 Å². The van der Waals surface area contributed by atoms with Crippen molar-refractivity contribution in [2.75, 3.05) is 6.54 Å². The number of nitrogens with zero attached hydrogens (tertiary/aromatic N) is 4. The normalized spacial score (nSPS) is 20.8. The van der Waals surface area contributed by atoms with Crippen LogP contribution in [0.25, 0.3) is 0 Å². The Morgan fingerprint density at radius 2 is 2.00 bits per heavy atom. The summed E-state index contributed by atoms with van der Waals surface area (Å²) in [6.45, 7) is 2.15. The molecule has 0 amide bonds. The molecule has 0 bridgehead atoms. The average molecular weight is 270 g/mol. The van der Waals surface area contributed by atoms with Gasteiger partial charge in [0.25, 0.3) is 0 Å². The predicted molar refractivity (Wildman–Crippen MR) is 79.1 cm³/mol. The maximum Gasteiger partial charge on any atom is 0.0796 e. The van der Waals surface area contributed by atoms with E-state index in [2.05, 4.69) is 33.2 Å². The highest BCUT2D eigenvalue weighted by Gasteiger charge is 2.24. The molecule has 4 heteroatoms. The predicted octanol–water partition coefficient (Wildman–Crippen LogP) is 2.93. The first-order valence-corrected chi connectivity index (χ1v) is 7.45. The topological polar surface area (TPSA) is 34.0 Å². The van der Waals surface area contributed by atoms with Gasteiger partial charge in [-0.3, -0.25) is 14.6 Å². The van der Waals surface area contributed by atoms with Crippen molar-refractivity contribution in [3.63, 3.8) is 0 Å². The maximum atomic E-state index is 4.63. The summed E-state index contributed by atoms with van der Waals surface area (Å²) in [6.07, 6.45) is 10.9. The zero-order chi connectivity index (χ0) is 13.8. The molecule has 0 aliphatic carbocycles. The summed E-state index contributed by atoms with van der Waals surface area (Å²) in [5.74, 6) is 0. The van der Waals surface area contributed by atoms with E-state index in [0.29, 0.717) is 6.04 Å². The summed E-state index contributed by atoms with van der Waals surface area (Å²) < 4.78 is 1.91. The molecule has 2 aromatic rings. The van der Waals surface area contributed by atoms with Crippen LogP contribution < -0.4 is 0 Å². The highest BCUT2D eigenvalue weighted by atomic mass is 15.3. The van der Waals surface area contributed by atoms with Gasteiger partial charge in [-0.2, -0.15) is 5.10 Å². The highest BCUT2D eigenvalue weighted by molar-refractivity contribution is 5.12. The molecule has 0 saturated carbocycles. The van der Waals surface area contributed by atoms with Crippen LogP contribution in [0.15, 0.2) is 36.8 Å². The third kappa shape index (κ3) is 3.07. The second-order valence-electron chi connectivity index (χ2n) is 5.61. The molecule has 1 aliphatic rings. The highest BCUT2D eigenvalue weighted by Crippen LogP contribution is 2.30. The van der Waals surface area contributed by atoms with Gasteiger partial charge in [0.2, 0.25) is 0 Å². The molecule has 1 aliphatic heterocycles. The number of aromatic nitrogens is 3. The molecule has 3 heterocycles. The SMILES string of the molecule is Cn1ccc(C2CCCCCN2Cc2ccncc2)n1. The maximum absolute atomic E-state index is 4.63. The lowest BCUT2D eigenvalue weighted by atomic mass is 10.1. The zero-order valence-electron chi connectivity index (χ0n) is 12.1. The van der Waals surface area contributed by atoms with E-state index in [9.17, 15) is 0 Å². The molecular weight excluding hydrogens is 248 g/mol. The van der Waals surface area contributed by atoms with E-state index in [1.54, 1.807) is 0 Å². The molecule has 1 unspecified atom stereocenters. The Balaban J connectivity index is 1.80. The summed E-state index contributed by atoms with van der Waals surface area (Å²) in [5.41, 5.74) is 2.55. The smallest absolute Gasteiger partial charge is 0.0796 e. The van der Waals surface area contributed by atoms with Gasteiger partial charge in [-0.15, -0.1) is 0 Å². The van der Waals surface area contributed by atoms with E-state index in [1.165, 1.54) is 36.9 Å². The first kappa shape index (κ1) is 13.3. The molecule has 4 nitrogen and oxygen atoms in total. The third-order valence-electron chi connectivity index (χ3n) is 4.07. The van der Waals surface area contributed by atoms with E-state index >= 15 is 0 Å². The molecule has 0 radical (unpaired) electrons. The second-order valence-corrected chi connectivity index (χ2v) is 5.61. The standard InChI is InChI=1S/C16H22N4/c1-19-12-8-15(18-19)16-5-3-2-4-11-20(16)13-14-6-9-17-10-7-14/h6-10,12,16H,2-5,11,13H2,1H3. The fraction of sp³-hybridized carbons (Fsp3) is 0.500. The molecule has 1 saturated heterocycles. The summed E-state index contributed by atoms with van der Waals surface area (Å²) in [4.78, 5) is 6.68. The van der Waals surface area contributed by atoms with Gasteiger partial charge in [0.15, 0.2) is 0 Å². The van der Waals surface area contributed by atoms with E-state index in [1.807, 2.05) is 30.3 Å². The molecule has 0 aromatic carbocycles. The van der Waals surface area contributed by atoms with Crippen LogP contribution in [-0.2, 0) is 13.6 Å². The largest absolute Gasteiger partial charge is 0.290 e. The fourth-order valence-corrected chi connectivity index (χ4v) is 3.03. The third-order valence-corrected chi connectivity index (χ3v) is 4.07. The summed E-state index contributed by atoms with van der Waals surface area (Å²) in [7, 11) is 1.99. The summed E-state index contributed by atoms with van der Waals surface area (Å²) in [6, 6.07) is 6.84. The minimum atomic E-state index is 0.451. The van der Waals surface area contributed by atoms with Crippen LogP contribution >= 0.6 is 0 Å². The number of pyridine rings is 1. The van der Waals surface area contributed by atoms with E-state index < -0.39 is 0 Å². The molecule has 0 spiro atoms. The number of hydrogen-bond acceptors (Lipinski definition) is 3. The van der Waals surface area contributed by atoms with Crippen molar-refractivity contribution in [3.05, 3.63) is 48.0 Å². The molecule has 2 aromatic heterocycles. The Bertz CT molecular complexity index is 534. The van der Waals surface area contributed by atoms with Crippen LogP contribution in [0.4, 0.5) is 0 Å². The first-order chi connectivity index (χ1) is 9.83. The Kier molecular flexibility index (Phi) is 4.11. The molecular formula is C16H22N4. The number of hydrogen-bond donors (Lipinski definition) is 0. The monoisotopic (exact) mass is 270 g/mol. The van der Waals surface area contributed by atoms with Crippen LogP contribution in [0.1, 0.15) is 43.0 Å². The van der Waals surface area contributed by atoms with Crippen LogP contribution in [0, 0.1) is 0 Å². The van der Waals surface area contributed by atoms with Gasteiger partial charge in [-0.05, 0) is 43.1 Å². The van der Waals surface area contributed by atoms with Crippen LogP contribution in [0.2, 0.25) is 0 Å². The van der Waals surface area contributed by atoms with Gasteiger partial charge in [0, 0.05) is 32.2 Å². The van der Waals surface area contributed by atoms with Gasteiger partial charge in [0.1, 0.15) is 0 Å². The second kappa shape index (κ2) is 6.18. The van der Waals surface area contributed by atoms with Crippen LogP contribution in [0.3, 0.4) is 0 Å². The van der Waals surface area contributed by atoms with Crippen molar-refractivity contribution in [2.24, 2.45) is 7.05 Å². The fourth-order valence-electron chi connectivity index (χ4n) is 3.03. The lowest BCUT2D eigenvalue weighted by Gasteiger charge is -2.28. The van der Waals surface area contributed by atoms with Crippen LogP contribution in [-0.4, -0.2) is 26.2 Å². The zero-order valence-corrected chi connectivity index (χ0v) is 12.1. The van der Waals surface area contributed by atoms with Crippen LogP contribution in [0.5, 0.6) is 0 Å². The minimum absolute atomic E-state index is 0.451. The minimum Gasteiger partial charge on any atom is -0.290 e. The lowest BCUT2D eigenvalue weighted by Crippen LogP contribution is -2.28. The Morgan fingerprint density at radius 3 is 2.75 bits per heavy atom. The number of aryl methyl sites for hydroxylation is 1. The van der Waals surface area contributed by atoms with Gasteiger partial charge in [-0.25, -0.2) is 0 Å². The first-order valence-electron chi connectivity index (χ1n) is 7.45. The molecule has 1 atom stereocenters. The number of likely N-dealkylation sites (tertiary alicyclic amines) is 1. The molecule has 1 fully saturated rings. The van der Waals surface area contributed by atoms with Gasteiger partial charge < -0.3 is 0 Å². The van der Waals surface area contributed by atoms with Crippen molar-refractivity contribution >= 4 is 0 Å². The summed E-state index contributed by atoms with van der Waals surface area (Å²) in [5, 5.41) is 4.63. The molecule has 106 valence electrons. The molecule has 3 rings (SSSR count). The van der Waals surface area contributed by atoms with Crippen molar-refractivity contribution in [1.82, 2.24) is 19.7 Å².